The summed E-state index contributed by atoms with van der Waals surface area (Å²) >= 11 is 0. The van der Waals surface area contributed by atoms with Gasteiger partial charge in [0, 0.05) is 29.0 Å². The van der Waals surface area contributed by atoms with Gasteiger partial charge in [0.25, 0.3) is 0 Å². The maximum Gasteiger partial charge on any atom is 0.337 e. The largest absolute Gasteiger partial charge is 0.493 e. The fourth-order valence-electron chi connectivity index (χ4n) is 5.03. The quantitative estimate of drug-likeness (QED) is 0.628. The Kier molecular flexibility index (Phi) is 6.79. The Bertz CT molecular complexity index is 908. The molecular weight excluding hydrogens is 390 g/mol. The molecule has 0 saturated heterocycles. The topological polar surface area (TPSA) is 64.6 Å². The van der Waals surface area contributed by atoms with Crippen molar-refractivity contribution < 1.29 is 19.1 Å². The molecule has 1 fully saturated rings. The molecule has 1 saturated carbocycles. The molecule has 0 spiro atoms. The minimum atomic E-state index is -0.451. The number of benzene rings is 1. The number of dihydropyridines is 1. The van der Waals surface area contributed by atoms with Crippen LogP contribution in [0.3, 0.4) is 0 Å². The third kappa shape index (κ3) is 4.56. The van der Waals surface area contributed by atoms with Gasteiger partial charge in [-0.2, -0.15) is 0 Å². The van der Waals surface area contributed by atoms with E-state index in [-0.39, 0.29) is 17.9 Å². The molecular formula is C26H33NO4. The Morgan fingerprint density at radius 2 is 1.87 bits per heavy atom. The molecule has 5 nitrogen and oxygen atoms in total. The predicted octanol–water partition coefficient (Wildman–Crippen LogP) is 5.32. The summed E-state index contributed by atoms with van der Waals surface area (Å²) in [7, 11) is 0. The summed E-state index contributed by atoms with van der Waals surface area (Å²) in [5.41, 5.74) is 3.85. The number of carbonyl (C=O) groups is 2. The zero-order chi connectivity index (χ0) is 21.8. The van der Waals surface area contributed by atoms with Crippen molar-refractivity contribution in [2.75, 3.05) is 6.61 Å². The van der Waals surface area contributed by atoms with Crippen LogP contribution in [0.15, 0.2) is 46.8 Å². The predicted molar refractivity (Wildman–Crippen MR) is 120 cm³/mol. The smallest absolute Gasteiger partial charge is 0.337 e. The Labute approximate surface area is 184 Å². The molecule has 0 bridgehead atoms. The van der Waals surface area contributed by atoms with Crippen LogP contribution in [0, 0.1) is 0 Å². The van der Waals surface area contributed by atoms with Crippen LogP contribution in [0.1, 0.15) is 83.1 Å². The van der Waals surface area contributed by atoms with Crippen molar-refractivity contribution in [3.63, 3.8) is 0 Å². The third-order valence-corrected chi connectivity index (χ3v) is 6.51. The molecule has 1 atom stereocenters. The van der Waals surface area contributed by atoms with Crippen molar-refractivity contribution in [3.05, 3.63) is 52.4 Å². The minimum absolute atomic E-state index is 0.0359. The van der Waals surface area contributed by atoms with Gasteiger partial charge in [-0.25, -0.2) is 4.79 Å². The van der Waals surface area contributed by atoms with E-state index in [1.807, 2.05) is 31.2 Å². The Hall–Kier alpha value is -2.56. The van der Waals surface area contributed by atoms with Crippen LogP contribution < -0.4 is 10.1 Å². The summed E-state index contributed by atoms with van der Waals surface area (Å²) in [6.07, 6.45) is 8.24. The molecule has 4 rings (SSSR count). The molecule has 0 aromatic heterocycles. The first kappa shape index (κ1) is 21.7. The summed E-state index contributed by atoms with van der Waals surface area (Å²) in [6, 6.07) is 7.79. The molecule has 31 heavy (non-hydrogen) atoms. The molecule has 0 radical (unpaired) electrons. The minimum Gasteiger partial charge on any atom is -0.493 e. The molecule has 1 aromatic carbocycles. The van der Waals surface area contributed by atoms with Gasteiger partial charge < -0.3 is 14.8 Å². The van der Waals surface area contributed by atoms with Gasteiger partial charge in [-0.1, -0.05) is 31.5 Å². The monoisotopic (exact) mass is 423 g/mol. The number of carbonyl (C=O) groups excluding carboxylic acids is 2. The standard InChI is InChI=1S/C26H33NO4/c1-3-16-30-22-15-8-7-12-19(22)24-23(26(29)31-18-10-5-4-6-11-18)17(2)27-20-13-9-14-21(28)25(20)24/h7-8,12,15,18,24,27H,3-6,9-11,13-14,16H2,1-2H3/t24-/m0/s1. The van der Waals surface area contributed by atoms with Crippen LogP contribution in [0.25, 0.3) is 0 Å². The summed E-state index contributed by atoms with van der Waals surface area (Å²) in [5.74, 6) is 0.0852. The van der Waals surface area contributed by atoms with Gasteiger partial charge in [-0.15, -0.1) is 0 Å². The number of rotatable bonds is 6. The number of para-hydroxylation sites is 1. The van der Waals surface area contributed by atoms with Gasteiger partial charge in [0.2, 0.25) is 0 Å². The number of nitrogens with one attached hydrogen (secondary N) is 1. The molecule has 166 valence electrons. The lowest BCUT2D eigenvalue weighted by atomic mass is 9.75. The second-order valence-electron chi connectivity index (χ2n) is 8.82. The molecule has 1 aromatic rings. The van der Waals surface area contributed by atoms with Crippen molar-refractivity contribution in [1.29, 1.82) is 0 Å². The molecule has 1 N–H and O–H groups in total. The van der Waals surface area contributed by atoms with E-state index in [1.165, 1.54) is 6.42 Å². The van der Waals surface area contributed by atoms with E-state index in [0.29, 0.717) is 24.2 Å². The van der Waals surface area contributed by atoms with E-state index >= 15 is 0 Å². The van der Waals surface area contributed by atoms with Crippen molar-refractivity contribution in [3.8, 4) is 5.75 Å². The lowest BCUT2D eigenvalue weighted by molar-refractivity contribution is -0.146. The van der Waals surface area contributed by atoms with Gasteiger partial charge in [0.05, 0.1) is 18.1 Å². The van der Waals surface area contributed by atoms with Crippen LogP contribution >= 0.6 is 0 Å². The first-order valence-electron chi connectivity index (χ1n) is 11.8. The highest BCUT2D eigenvalue weighted by molar-refractivity contribution is 6.04. The number of hydrogen-bond donors (Lipinski definition) is 1. The SMILES string of the molecule is CCCOc1ccccc1[C@H]1C(C(=O)OC2CCCCC2)=C(C)NC2=C1C(=O)CCC2. The molecule has 5 heteroatoms. The van der Waals surface area contributed by atoms with Crippen LogP contribution in [0.4, 0.5) is 0 Å². The van der Waals surface area contributed by atoms with Gasteiger partial charge in [-0.05, 0) is 57.9 Å². The Balaban J connectivity index is 1.76. The number of ketones is 1. The highest BCUT2D eigenvalue weighted by atomic mass is 16.5. The van der Waals surface area contributed by atoms with E-state index in [9.17, 15) is 9.59 Å². The van der Waals surface area contributed by atoms with Crippen molar-refractivity contribution in [2.24, 2.45) is 0 Å². The molecule has 0 unspecified atom stereocenters. The normalized spacial score (nSPS) is 22.1. The fourth-order valence-corrected chi connectivity index (χ4v) is 5.03. The Morgan fingerprint density at radius 1 is 1.10 bits per heavy atom. The van der Waals surface area contributed by atoms with Crippen molar-refractivity contribution >= 4 is 11.8 Å². The maximum atomic E-state index is 13.5. The average Bonchev–Trinajstić information content (AvgIpc) is 2.77. The lowest BCUT2D eigenvalue weighted by Crippen LogP contribution is -2.35. The Morgan fingerprint density at radius 3 is 2.65 bits per heavy atom. The average molecular weight is 424 g/mol. The first-order valence-corrected chi connectivity index (χ1v) is 11.8. The zero-order valence-corrected chi connectivity index (χ0v) is 18.7. The van der Waals surface area contributed by atoms with Gasteiger partial charge in [0.1, 0.15) is 11.9 Å². The maximum absolute atomic E-state index is 13.5. The summed E-state index contributed by atoms with van der Waals surface area (Å²) in [4.78, 5) is 26.6. The molecule has 1 aliphatic heterocycles. The fraction of sp³-hybridized carbons (Fsp3) is 0.538. The summed E-state index contributed by atoms with van der Waals surface area (Å²) in [5, 5.41) is 3.38. The van der Waals surface area contributed by atoms with E-state index in [1.54, 1.807) is 0 Å². The highest BCUT2D eigenvalue weighted by Crippen LogP contribution is 2.45. The van der Waals surface area contributed by atoms with Crippen LogP contribution in [0.5, 0.6) is 5.75 Å². The van der Waals surface area contributed by atoms with E-state index in [4.69, 9.17) is 9.47 Å². The van der Waals surface area contributed by atoms with Crippen molar-refractivity contribution in [1.82, 2.24) is 5.32 Å². The van der Waals surface area contributed by atoms with E-state index in [2.05, 4.69) is 12.2 Å². The number of allylic oxidation sites excluding steroid dienone is 3. The van der Waals surface area contributed by atoms with Crippen LogP contribution in [-0.2, 0) is 14.3 Å². The van der Waals surface area contributed by atoms with Crippen LogP contribution in [0.2, 0.25) is 0 Å². The zero-order valence-electron chi connectivity index (χ0n) is 18.7. The second kappa shape index (κ2) is 9.71. The van der Waals surface area contributed by atoms with Gasteiger partial charge in [-0.3, -0.25) is 4.79 Å². The van der Waals surface area contributed by atoms with E-state index in [0.717, 1.165) is 67.7 Å². The third-order valence-electron chi connectivity index (χ3n) is 6.51. The molecule has 2 aliphatic carbocycles. The van der Waals surface area contributed by atoms with Crippen molar-refractivity contribution in [2.45, 2.75) is 83.7 Å². The lowest BCUT2D eigenvalue weighted by Gasteiger charge is -2.35. The molecule has 0 amide bonds. The number of ether oxygens (including phenoxy) is 2. The van der Waals surface area contributed by atoms with Gasteiger partial charge >= 0.3 is 5.97 Å². The van der Waals surface area contributed by atoms with Gasteiger partial charge in [0.15, 0.2) is 5.78 Å². The first-order chi connectivity index (χ1) is 15.1. The summed E-state index contributed by atoms with van der Waals surface area (Å²) in [6.45, 7) is 4.57. The molecule has 1 heterocycles. The molecule has 3 aliphatic rings. The van der Waals surface area contributed by atoms with E-state index < -0.39 is 5.92 Å². The highest BCUT2D eigenvalue weighted by Gasteiger charge is 2.40. The number of Topliss-reactive ketones (excluding diaryl/α,β-unsaturated/α-hetero) is 1. The second-order valence-corrected chi connectivity index (χ2v) is 8.82. The summed E-state index contributed by atoms with van der Waals surface area (Å²) < 4.78 is 12.0. The number of hydrogen-bond acceptors (Lipinski definition) is 5. The van der Waals surface area contributed by atoms with Crippen LogP contribution in [-0.4, -0.2) is 24.5 Å². The number of esters is 1.